The maximum Gasteiger partial charge on any atom is 0.419 e. The van der Waals surface area contributed by atoms with Gasteiger partial charge in [0.05, 0.1) is 5.56 Å². The Morgan fingerprint density at radius 3 is 2.00 bits per heavy atom. The van der Waals surface area contributed by atoms with Crippen molar-refractivity contribution < 1.29 is 22.0 Å². The summed E-state index contributed by atoms with van der Waals surface area (Å²) in [4.78, 5) is 0. The molecule has 72 valence electrons. The van der Waals surface area contributed by atoms with Crippen molar-refractivity contribution in [2.24, 2.45) is 0 Å². The lowest BCUT2D eigenvalue weighted by Crippen LogP contribution is -2.09. The highest BCUT2D eigenvalue weighted by Crippen LogP contribution is 2.32. The summed E-state index contributed by atoms with van der Waals surface area (Å²) in [6.45, 7) is 1.19. The third kappa shape index (κ3) is 1.96. The van der Waals surface area contributed by atoms with Gasteiger partial charge in [-0.05, 0) is 24.6 Å². The molecule has 0 N–H and O–H groups in total. The van der Waals surface area contributed by atoms with Gasteiger partial charge in [0.25, 0.3) is 0 Å². The third-order valence-electron chi connectivity index (χ3n) is 1.55. The summed E-state index contributed by atoms with van der Waals surface area (Å²) in [5.74, 6) is -2.51. The molecule has 0 unspecified atom stereocenters. The molecule has 0 fully saturated rings. The van der Waals surface area contributed by atoms with Gasteiger partial charge >= 0.3 is 6.18 Å². The highest BCUT2D eigenvalue weighted by molar-refractivity contribution is 5.27. The second-order valence-electron chi connectivity index (χ2n) is 2.58. The first kappa shape index (κ1) is 9.95. The van der Waals surface area contributed by atoms with Gasteiger partial charge in [0.15, 0.2) is 0 Å². The number of benzene rings is 1. The van der Waals surface area contributed by atoms with Crippen LogP contribution in [0.3, 0.4) is 0 Å². The molecule has 0 radical (unpaired) electrons. The van der Waals surface area contributed by atoms with Gasteiger partial charge in [-0.15, -0.1) is 0 Å². The Labute approximate surface area is 71.0 Å². The van der Waals surface area contributed by atoms with E-state index in [0.717, 1.165) is 0 Å². The summed E-state index contributed by atoms with van der Waals surface area (Å²) in [6.07, 6.45) is -4.85. The Morgan fingerprint density at radius 1 is 1.00 bits per heavy atom. The average molecular weight is 196 g/mol. The van der Waals surface area contributed by atoms with Crippen molar-refractivity contribution >= 4 is 0 Å². The molecule has 0 nitrogen and oxygen atoms in total. The summed E-state index contributed by atoms with van der Waals surface area (Å²) in [5.41, 5.74) is -1.72. The second-order valence-corrected chi connectivity index (χ2v) is 2.58. The largest absolute Gasteiger partial charge is 0.419 e. The van der Waals surface area contributed by atoms with E-state index in [-0.39, 0.29) is 11.6 Å². The Morgan fingerprint density at radius 2 is 1.54 bits per heavy atom. The molecule has 0 aliphatic heterocycles. The molecule has 1 rings (SSSR count). The predicted molar refractivity (Wildman–Crippen MR) is 36.1 cm³/mol. The summed E-state index contributed by atoms with van der Waals surface area (Å²) >= 11 is 0. The van der Waals surface area contributed by atoms with Crippen LogP contribution in [0.4, 0.5) is 22.0 Å². The molecule has 0 saturated carbocycles. The van der Waals surface area contributed by atoms with Crippen LogP contribution in [0.2, 0.25) is 0 Å². The summed E-state index contributed by atoms with van der Waals surface area (Å²) in [7, 11) is 0. The van der Waals surface area contributed by atoms with Crippen LogP contribution < -0.4 is 0 Å². The second kappa shape index (κ2) is 2.97. The van der Waals surface area contributed by atoms with Crippen LogP contribution in [0.25, 0.3) is 0 Å². The molecule has 5 heteroatoms. The van der Waals surface area contributed by atoms with Crippen LogP contribution in [0.1, 0.15) is 11.1 Å². The SMILES string of the molecule is Cc1cc(F)c(C(F)(F)F)cc1F. The molecular formula is C8H5F5. The van der Waals surface area contributed by atoms with Gasteiger partial charge in [0, 0.05) is 0 Å². The number of rotatable bonds is 0. The molecule has 0 spiro atoms. The van der Waals surface area contributed by atoms with E-state index in [4.69, 9.17) is 0 Å². The van der Waals surface area contributed by atoms with Crippen LogP contribution in [0.5, 0.6) is 0 Å². The van der Waals surface area contributed by atoms with Crippen molar-refractivity contribution in [3.63, 3.8) is 0 Å². The van der Waals surface area contributed by atoms with E-state index < -0.39 is 23.4 Å². The van der Waals surface area contributed by atoms with E-state index in [0.29, 0.717) is 6.07 Å². The smallest absolute Gasteiger partial charge is 0.207 e. The van der Waals surface area contributed by atoms with Crippen LogP contribution in [0, 0.1) is 18.6 Å². The third-order valence-corrected chi connectivity index (χ3v) is 1.55. The molecule has 0 heterocycles. The Balaban J connectivity index is 3.32. The molecule has 0 aliphatic rings. The number of alkyl halides is 3. The molecular weight excluding hydrogens is 191 g/mol. The van der Waals surface area contributed by atoms with Crippen molar-refractivity contribution in [1.82, 2.24) is 0 Å². The minimum atomic E-state index is -4.85. The van der Waals surface area contributed by atoms with E-state index in [1.54, 1.807) is 0 Å². The fourth-order valence-electron chi connectivity index (χ4n) is 0.864. The predicted octanol–water partition coefficient (Wildman–Crippen LogP) is 3.29. The monoisotopic (exact) mass is 196 g/mol. The van der Waals surface area contributed by atoms with Crippen molar-refractivity contribution in [3.05, 3.63) is 34.9 Å². The van der Waals surface area contributed by atoms with Gasteiger partial charge < -0.3 is 0 Å². The van der Waals surface area contributed by atoms with E-state index >= 15 is 0 Å². The standard InChI is InChI=1S/C8H5F5/c1-4-2-7(10)5(3-6(4)9)8(11,12)13/h2-3H,1H3. The number of halogens is 5. The first-order valence-corrected chi connectivity index (χ1v) is 3.35. The minimum Gasteiger partial charge on any atom is -0.207 e. The maximum atomic E-state index is 12.6. The van der Waals surface area contributed by atoms with Crippen molar-refractivity contribution in [1.29, 1.82) is 0 Å². The molecule has 0 bridgehead atoms. The quantitative estimate of drug-likeness (QED) is 0.558. The highest BCUT2D eigenvalue weighted by atomic mass is 19.4. The van der Waals surface area contributed by atoms with Crippen molar-refractivity contribution in [3.8, 4) is 0 Å². The number of hydrogen-bond donors (Lipinski definition) is 0. The molecule has 0 amide bonds. The minimum absolute atomic E-state index is 0.148. The highest BCUT2D eigenvalue weighted by Gasteiger charge is 2.34. The zero-order valence-electron chi connectivity index (χ0n) is 6.54. The Bertz CT molecular complexity index is 326. The molecule has 1 aromatic rings. The molecule has 0 atom stereocenters. The van der Waals surface area contributed by atoms with E-state index in [2.05, 4.69) is 0 Å². The summed E-state index contributed by atoms with van der Waals surface area (Å²) in [6, 6.07) is 0.683. The summed E-state index contributed by atoms with van der Waals surface area (Å²) < 4.78 is 61.1. The fourth-order valence-corrected chi connectivity index (χ4v) is 0.864. The lowest BCUT2D eigenvalue weighted by molar-refractivity contribution is -0.140. The lowest BCUT2D eigenvalue weighted by Gasteiger charge is -2.08. The number of hydrogen-bond acceptors (Lipinski definition) is 0. The van der Waals surface area contributed by atoms with Gasteiger partial charge in [-0.2, -0.15) is 13.2 Å². The van der Waals surface area contributed by atoms with E-state index in [1.807, 2.05) is 0 Å². The topological polar surface area (TPSA) is 0 Å². The summed E-state index contributed by atoms with van der Waals surface area (Å²) in [5, 5.41) is 0. The Hall–Kier alpha value is -1.13. The van der Waals surface area contributed by atoms with Gasteiger partial charge in [-0.3, -0.25) is 0 Å². The van der Waals surface area contributed by atoms with Crippen LogP contribution in [-0.2, 0) is 6.18 Å². The van der Waals surface area contributed by atoms with E-state index in [9.17, 15) is 22.0 Å². The molecule has 0 aliphatic carbocycles. The van der Waals surface area contributed by atoms with Gasteiger partial charge in [0.1, 0.15) is 11.6 Å². The van der Waals surface area contributed by atoms with Crippen LogP contribution >= 0.6 is 0 Å². The Kier molecular flexibility index (Phi) is 2.28. The zero-order valence-corrected chi connectivity index (χ0v) is 6.54. The first-order chi connectivity index (χ1) is 5.82. The van der Waals surface area contributed by atoms with Gasteiger partial charge in [0.2, 0.25) is 0 Å². The van der Waals surface area contributed by atoms with E-state index in [1.165, 1.54) is 6.92 Å². The normalized spacial score (nSPS) is 11.8. The molecule has 1 aromatic carbocycles. The molecule has 0 saturated heterocycles. The van der Waals surface area contributed by atoms with Crippen LogP contribution in [0.15, 0.2) is 12.1 Å². The molecule has 0 aromatic heterocycles. The van der Waals surface area contributed by atoms with Gasteiger partial charge in [-0.1, -0.05) is 0 Å². The lowest BCUT2D eigenvalue weighted by atomic mass is 10.1. The first-order valence-electron chi connectivity index (χ1n) is 3.35. The maximum absolute atomic E-state index is 12.6. The van der Waals surface area contributed by atoms with Crippen molar-refractivity contribution in [2.45, 2.75) is 13.1 Å². The van der Waals surface area contributed by atoms with Gasteiger partial charge in [-0.25, -0.2) is 8.78 Å². The zero-order chi connectivity index (χ0) is 10.2. The number of aryl methyl sites for hydroxylation is 1. The van der Waals surface area contributed by atoms with Crippen molar-refractivity contribution in [2.75, 3.05) is 0 Å². The molecule has 13 heavy (non-hydrogen) atoms. The van der Waals surface area contributed by atoms with Crippen LogP contribution in [-0.4, -0.2) is 0 Å². The fraction of sp³-hybridized carbons (Fsp3) is 0.250. The average Bonchev–Trinajstić information content (AvgIpc) is 1.94.